The van der Waals surface area contributed by atoms with Crippen LogP contribution in [0.3, 0.4) is 0 Å². The molecule has 0 bridgehead atoms. The van der Waals surface area contributed by atoms with Crippen LogP contribution in [0, 0.1) is 0 Å². The quantitative estimate of drug-likeness (QED) is 0.604. The highest BCUT2D eigenvalue weighted by Gasteiger charge is 2.30. The maximum atomic E-state index is 12.3. The van der Waals surface area contributed by atoms with E-state index in [1.807, 2.05) is 35.0 Å². The number of thioether (sulfide) groups is 1. The SMILES string of the molecule is COc1ccccc1C(=O)NC(=O)CSc1nc(C2CC2)n(-c2ccccc2)n1. The first kappa shape index (κ1) is 19.2. The Balaban J connectivity index is 1.41. The summed E-state index contributed by atoms with van der Waals surface area (Å²) in [5.41, 5.74) is 1.26. The molecule has 0 atom stereocenters. The summed E-state index contributed by atoms with van der Waals surface area (Å²) in [5, 5.41) is 7.47. The highest BCUT2D eigenvalue weighted by molar-refractivity contribution is 7.99. The number of nitrogens with one attached hydrogen (secondary N) is 1. The van der Waals surface area contributed by atoms with Crippen molar-refractivity contribution < 1.29 is 14.3 Å². The first-order chi connectivity index (χ1) is 14.2. The summed E-state index contributed by atoms with van der Waals surface area (Å²) in [6.45, 7) is 0. The highest BCUT2D eigenvalue weighted by atomic mass is 32.2. The normalized spacial score (nSPS) is 13.1. The number of carbonyl (C=O) groups is 2. The molecule has 0 saturated heterocycles. The molecule has 3 aromatic rings. The van der Waals surface area contributed by atoms with E-state index in [1.54, 1.807) is 24.3 Å². The number of para-hydroxylation sites is 2. The van der Waals surface area contributed by atoms with Gasteiger partial charge in [0.25, 0.3) is 5.91 Å². The van der Waals surface area contributed by atoms with E-state index < -0.39 is 11.8 Å². The number of nitrogens with zero attached hydrogens (tertiary/aromatic N) is 3. The van der Waals surface area contributed by atoms with Crippen LogP contribution in [0.2, 0.25) is 0 Å². The third-order valence-corrected chi connectivity index (χ3v) is 5.33. The standard InChI is InChI=1S/C21H20N4O3S/c1-28-17-10-6-5-9-16(17)20(27)22-18(26)13-29-21-23-19(14-11-12-14)25(24-21)15-7-3-2-4-8-15/h2-10,14H,11-13H2,1H3,(H,22,26,27). The van der Waals surface area contributed by atoms with Gasteiger partial charge in [-0.3, -0.25) is 14.9 Å². The molecule has 1 fully saturated rings. The minimum Gasteiger partial charge on any atom is -0.496 e. The van der Waals surface area contributed by atoms with Gasteiger partial charge in [-0.25, -0.2) is 9.67 Å². The first-order valence-electron chi connectivity index (χ1n) is 9.28. The second-order valence-corrected chi connectivity index (χ2v) is 7.58. The van der Waals surface area contributed by atoms with Crippen molar-refractivity contribution in [3.63, 3.8) is 0 Å². The first-order valence-corrected chi connectivity index (χ1v) is 10.3. The molecule has 148 valence electrons. The Bertz CT molecular complexity index is 1030. The maximum Gasteiger partial charge on any atom is 0.261 e. The Kier molecular flexibility index (Phi) is 5.62. The van der Waals surface area contributed by atoms with Crippen molar-refractivity contribution in [2.75, 3.05) is 12.9 Å². The molecular weight excluding hydrogens is 388 g/mol. The van der Waals surface area contributed by atoms with Gasteiger partial charge in [-0.2, -0.15) is 0 Å². The summed E-state index contributed by atoms with van der Waals surface area (Å²) < 4.78 is 7.01. The van der Waals surface area contributed by atoms with Crippen LogP contribution in [0.1, 0.15) is 34.9 Å². The summed E-state index contributed by atoms with van der Waals surface area (Å²) in [5.74, 6) is 0.901. The monoisotopic (exact) mass is 408 g/mol. The molecule has 1 aromatic heterocycles. The van der Waals surface area contributed by atoms with Gasteiger partial charge < -0.3 is 4.74 Å². The van der Waals surface area contributed by atoms with E-state index >= 15 is 0 Å². The maximum absolute atomic E-state index is 12.3. The number of rotatable bonds is 7. The van der Waals surface area contributed by atoms with Gasteiger partial charge in [0.2, 0.25) is 11.1 Å². The zero-order chi connectivity index (χ0) is 20.2. The van der Waals surface area contributed by atoms with Crippen LogP contribution in [-0.4, -0.2) is 39.4 Å². The summed E-state index contributed by atoms with van der Waals surface area (Å²) in [4.78, 5) is 29.2. The van der Waals surface area contributed by atoms with Gasteiger partial charge in [-0.15, -0.1) is 5.10 Å². The van der Waals surface area contributed by atoms with Gasteiger partial charge in [-0.05, 0) is 37.1 Å². The van der Waals surface area contributed by atoms with E-state index in [0.29, 0.717) is 22.4 Å². The fourth-order valence-electron chi connectivity index (χ4n) is 2.92. The molecule has 1 N–H and O–H groups in total. The molecule has 1 aliphatic rings. The average Bonchev–Trinajstić information content (AvgIpc) is 3.52. The fourth-order valence-corrected chi connectivity index (χ4v) is 3.55. The number of aromatic nitrogens is 3. The Morgan fingerprint density at radius 3 is 2.59 bits per heavy atom. The number of hydrogen-bond acceptors (Lipinski definition) is 6. The minimum absolute atomic E-state index is 0.0454. The third-order valence-electron chi connectivity index (χ3n) is 4.49. The zero-order valence-corrected chi connectivity index (χ0v) is 16.7. The second-order valence-electron chi connectivity index (χ2n) is 6.64. The Morgan fingerprint density at radius 1 is 1.14 bits per heavy atom. The van der Waals surface area contributed by atoms with Gasteiger partial charge in [0.05, 0.1) is 24.1 Å². The van der Waals surface area contributed by atoms with Crippen LogP contribution >= 0.6 is 11.8 Å². The summed E-state index contributed by atoms with van der Waals surface area (Å²) >= 11 is 1.21. The number of amides is 2. The number of ether oxygens (including phenoxy) is 1. The lowest BCUT2D eigenvalue weighted by atomic mass is 10.2. The Hall–Kier alpha value is -3.13. The predicted octanol–water partition coefficient (Wildman–Crippen LogP) is 3.20. The van der Waals surface area contributed by atoms with Gasteiger partial charge in [0.15, 0.2) is 0 Å². The Labute approximate surface area is 172 Å². The Morgan fingerprint density at radius 2 is 1.86 bits per heavy atom. The van der Waals surface area contributed by atoms with E-state index in [-0.39, 0.29) is 5.75 Å². The van der Waals surface area contributed by atoms with Crippen molar-refractivity contribution in [1.82, 2.24) is 20.1 Å². The number of carbonyl (C=O) groups excluding carboxylic acids is 2. The summed E-state index contributed by atoms with van der Waals surface area (Å²) in [6.07, 6.45) is 2.20. The van der Waals surface area contributed by atoms with Gasteiger partial charge in [0, 0.05) is 5.92 Å². The largest absolute Gasteiger partial charge is 0.496 e. The predicted molar refractivity (Wildman–Crippen MR) is 110 cm³/mol. The lowest BCUT2D eigenvalue weighted by molar-refractivity contribution is -0.117. The molecule has 0 aliphatic heterocycles. The number of hydrogen-bond donors (Lipinski definition) is 1. The summed E-state index contributed by atoms with van der Waals surface area (Å²) in [6, 6.07) is 16.6. The van der Waals surface area contributed by atoms with E-state index in [2.05, 4.69) is 15.4 Å². The van der Waals surface area contributed by atoms with Crippen LogP contribution in [-0.2, 0) is 4.79 Å². The average molecular weight is 408 g/mol. The highest BCUT2D eigenvalue weighted by Crippen LogP contribution is 2.40. The van der Waals surface area contributed by atoms with Crippen molar-refractivity contribution >= 4 is 23.6 Å². The van der Waals surface area contributed by atoms with Crippen molar-refractivity contribution in [2.45, 2.75) is 23.9 Å². The molecule has 29 heavy (non-hydrogen) atoms. The van der Waals surface area contributed by atoms with Gasteiger partial charge in [0.1, 0.15) is 11.6 Å². The van der Waals surface area contributed by atoms with Crippen molar-refractivity contribution in [2.24, 2.45) is 0 Å². The van der Waals surface area contributed by atoms with Gasteiger partial charge in [-0.1, -0.05) is 42.1 Å². The minimum atomic E-state index is -0.491. The molecule has 1 saturated carbocycles. The molecule has 1 aliphatic carbocycles. The molecule has 2 amide bonds. The van der Waals surface area contributed by atoms with E-state index in [4.69, 9.17) is 4.74 Å². The lowest BCUT2D eigenvalue weighted by Gasteiger charge is -2.07. The van der Waals surface area contributed by atoms with Gasteiger partial charge >= 0.3 is 0 Å². The van der Waals surface area contributed by atoms with E-state index in [9.17, 15) is 9.59 Å². The van der Waals surface area contributed by atoms with Crippen molar-refractivity contribution in [3.8, 4) is 11.4 Å². The van der Waals surface area contributed by atoms with Crippen LogP contribution < -0.4 is 10.1 Å². The smallest absolute Gasteiger partial charge is 0.261 e. The molecule has 4 rings (SSSR count). The summed E-state index contributed by atoms with van der Waals surface area (Å²) in [7, 11) is 1.48. The van der Waals surface area contributed by atoms with E-state index in [1.165, 1.54) is 18.9 Å². The van der Waals surface area contributed by atoms with E-state index in [0.717, 1.165) is 24.4 Å². The van der Waals surface area contributed by atoms with Crippen molar-refractivity contribution in [3.05, 3.63) is 66.0 Å². The fraction of sp³-hybridized carbons (Fsp3) is 0.238. The molecular formula is C21H20N4O3S. The number of imide groups is 1. The van der Waals surface area contributed by atoms with Crippen LogP contribution in [0.4, 0.5) is 0 Å². The van der Waals surface area contributed by atoms with Crippen LogP contribution in [0.5, 0.6) is 5.75 Å². The molecule has 8 heteroatoms. The molecule has 1 heterocycles. The van der Waals surface area contributed by atoms with Crippen molar-refractivity contribution in [1.29, 1.82) is 0 Å². The van der Waals surface area contributed by atoms with Crippen LogP contribution in [0.15, 0.2) is 59.8 Å². The third kappa shape index (κ3) is 4.48. The molecule has 0 unspecified atom stereocenters. The second kappa shape index (κ2) is 8.48. The molecule has 2 aromatic carbocycles. The number of benzene rings is 2. The number of methoxy groups -OCH3 is 1. The topological polar surface area (TPSA) is 86.1 Å². The molecule has 0 spiro atoms. The molecule has 7 nitrogen and oxygen atoms in total. The van der Waals surface area contributed by atoms with Crippen LogP contribution in [0.25, 0.3) is 5.69 Å². The lowest BCUT2D eigenvalue weighted by Crippen LogP contribution is -2.32. The molecule has 0 radical (unpaired) electrons. The zero-order valence-electron chi connectivity index (χ0n) is 15.9.